The zero-order valence-corrected chi connectivity index (χ0v) is 17.9. The molecule has 7 heteroatoms. The molecule has 3 heterocycles. The molecule has 0 radical (unpaired) electrons. The lowest BCUT2D eigenvalue weighted by Crippen LogP contribution is -2.40. The van der Waals surface area contributed by atoms with Gasteiger partial charge in [0.1, 0.15) is 17.1 Å². The fourth-order valence-electron chi connectivity index (χ4n) is 4.13. The van der Waals surface area contributed by atoms with Crippen LogP contribution in [-0.2, 0) is 16.4 Å². The van der Waals surface area contributed by atoms with Crippen molar-refractivity contribution in [1.29, 1.82) is 0 Å². The Morgan fingerprint density at radius 3 is 2.52 bits per heavy atom. The van der Waals surface area contributed by atoms with Crippen LogP contribution in [0.4, 0.5) is 0 Å². The third-order valence-corrected chi connectivity index (χ3v) is 7.34. The second-order valence-corrected chi connectivity index (χ2v) is 10.2. The molecule has 29 heavy (non-hydrogen) atoms. The zero-order valence-electron chi connectivity index (χ0n) is 17.1. The second kappa shape index (κ2) is 7.06. The number of amides is 1. The maximum Gasteiger partial charge on any atom is 0.290 e. The molecule has 2 aromatic heterocycles. The number of furan rings is 2. The van der Waals surface area contributed by atoms with Crippen molar-refractivity contribution >= 4 is 26.7 Å². The van der Waals surface area contributed by atoms with Crippen LogP contribution in [0, 0.1) is 27.7 Å². The van der Waals surface area contributed by atoms with Gasteiger partial charge in [0.25, 0.3) is 5.91 Å². The molecule has 0 bridgehead atoms. The van der Waals surface area contributed by atoms with Crippen LogP contribution in [0.1, 0.15) is 45.2 Å². The Labute approximate surface area is 170 Å². The highest BCUT2D eigenvalue weighted by Gasteiger charge is 2.37. The Kier molecular flexibility index (Phi) is 4.81. The van der Waals surface area contributed by atoms with Crippen LogP contribution in [0.15, 0.2) is 33.1 Å². The van der Waals surface area contributed by atoms with E-state index in [0.29, 0.717) is 17.8 Å². The summed E-state index contributed by atoms with van der Waals surface area (Å²) in [5.41, 5.74) is 3.55. The predicted molar refractivity (Wildman–Crippen MR) is 111 cm³/mol. The van der Waals surface area contributed by atoms with Crippen molar-refractivity contribution in [3.05, 3.63) is 58.2 Å². The van der Waals surface area contributed by atoms with E-state index >= 15 is 0 Å². The number of benzene rings is 1. The van der Waals surface area contributed by atoms with Gasteiger partial charge in [0, 0.05) is 17.0 Å². The molecular weight excluding hydrogens is 390 g/mol. The maximum atomic E-state index is 13.5. The van der Waals surface area contributed by atoms with Gasteiger partial charge >= 0.3 is 0 Å². The van der Waals surface area contributed by atoms with Gasteiger partial charge in [0.15, 0.2) is 15.6 Å². The van der Waals surface area contributed by atoms with Crippen molar-refractivity contribution in [3.8, 4) is 0 Å². The molecule has 1 saturated heterocycles. The van der Waals surface area contributed by atoms with Crippen molar-refractivity contribution in [2.24, 2.45) is 0 Å². The van der Waals surface area contributed by atoms with Crippen molar-refractivity contribution in [2.45, 2.75) is 46.7 Å². The van der Waals surface area contributed by atoms with Crippen molar-refractivity contribution in [1.82, 2.24) is 4.90 Å². The third-order valence-electron chi connectivity index (χ3n) is 5.59. The Balaban J connectivity index is 1.76. The van der Waals surface area contributed by atoms with E-state index < -0.39 is 15.9 Å². The van der Waals surface area contributed by atoms with Crippen LogP contribution in [0.3, 0.4) is 0 Å². The summed E-state index contributed by atoms with van der Waals surface area (Å²) >= 11 is 0. The lowest BCUT2D eigenvalue weighted by molar-refractivity contribution is 0.0634. The highest BCUT2D eigenvalue weighted by atomic mass is 32.2. The molecule has 6 nitrogen and oxygen atoms in total. The normalized spacial score (nSPS) is 18.4. The van der Waals surface area contributed by atoms with Gasteiger partial charge in [-0.25, -0.2) is 8.42 Å². The number of carbonyl (C=O) groups is 1. The molecule has 1 aliphatic rings. The van der Waals surface area contributed by atoms with Crippen LogP contribution in [0.2, 0.25) is 0 Å². The van der Waals surface area contributed by atoms with Gasteiger partial charge in [-0.2, -0.15) is 0 Å². The van der Waals surface area contributed by atoms with E-state index in [1.54, 1.807) is 4.90 Å². The minimum absolute atomic E-state index is 0.0319. The Morgan fingerprint density at radius 1 is 1.14 bits per heavy atom. The van der Waals surface area contributed by atoms with E-state index in [-0.39, 0.29) is 29.7 Å². The topological polar surface area (TPSA) is 80.7 Å². The molecule has 154 valence electrons. The Bertz CT molecular complexity index is 1200. The minimum Gasteiger partial charge on any atom is -0.464 e. The van der Waals surface area contributed by atoms with Gasteiger partial charge in [-0.3, -0.25) is 4.79 Å². The number of nitrogens with zero attached hydrogens (tertiary/aromatic N) is 1. The molecule has 0 aliphatic carbocycles. The second-order valence-electron chi connectivity index (χ2n) is 8.02. The van der Waals surface area contributed by atoms with Gasteiger partial charge in [-0.15, -0.1) is 0 Å². The molecule has 0 spiro atoms. The quantitative estimate of drug-likeness (QED) is 0.641. The number of hydrogen-bond donors (Lipinski definition) is 0. The molecule has 1 amide bonds. The highest BCUT2D eigenvalue weighted by molar-refractivity contribution is 7.91. The average molecular weight is 416 g/mol. The molecule has 1 atom stereocenters. The van der Waals surface area contributed by atoms with Gasteiger partial charge in [0.05, 0.1) is 18.1 Å². The molecule has 0 saturated carbocycles. The summed E-state index contributed by atoms with van der Waals surface area (Å²) in [4.78, 5) is 15.1. The van der Waals surface area contributed by atoms with Crippen LogP contribution >= 0.6 is 0 Å². The first-order valence-corrected chi connectivity index (χ1v) is 11.5. The first-order valence-electron chi connectivity index (χ1n) is 9.71. The maximum absolute atomic E-state index is 13.5. The fourth-order valence-corrected chi connectivity index (χ4v) is 5.86. The van der Waals surface area contributed by atoms with Gasteiger partial charge in [-0.1, -0.05) is 6.07 Å². The Morgan fingerprint density at radius 2 is 1.90 bits per heavy atom. The molecule has 3 aromatic rings. The van der Waals surface area contributed by atoms with E-state index in [1.807, 2.05) is 52.0 Å². The molecule has 1 aliphatic heterocycles. The lowest BCUT2D eigenvalue weighted by atomic mass is 10.1. The van der Waals surface area contributed by atoms with Crippen LogP contribution in [0.25, 0.3) is 11.0 Å². The van der Waals surface area contributed by atoms with Crippen LogP contribution in [-0.4, -0.2) is 36.8 Å². The van der Waals surface area contributed by atoms with Crippen molar-refractivity contribution < 1.29 is 22.0 Å². The molecule has 4 rings (SSSR count). The molecule has 1 aromatic carbocycles. The summed E-state index contributed by atoms with van der Waals surface area (Å²) in [5, 5.41) is 0.915. The molecule has 0 N–H and O–H groups in total. The van der Waals surface area contributed by atoms with E-state index in [1.165, 1.54) is 0 Å². The number of hydrogen-bond acceptors (Lipinski definition) is 5. The first-order chi connectivity index (χ1) is 13.6. The van der Waals surface area contributed by atoms with Crippen molar-refractivity contribution in [2.75, 3.05) is 11.5 Å². The summed E-state index contributed by atoms with van der Waals surface area (Å²) in [5.74, 6) is 1.40. The van der Waals surface area contributed by atoms with Crippen LogP contribution < -0.4 is 0 Å². The van der Waals surface area contributed by atoms with E-state index in [4.69, 9.17) is 8.83 Å². The third kappa shape index (κ3) is 3.71. The van der Waals surface area contributed by atoms with Crippen molar-refractivity contribution in [3.63, 3.8) is 0 Å². The summed E-state index contributed by atoms with van der Waals surface area (Å²) in [6.07, 6.45) is 0.422. The number of sulfone groups is 1. The van der Waals surface area contributed by atoms with E-state index in [0.717, 1.165) is 27.8 Å². The number of fused-ring (bicyclic) bond motifs is 1. The average Bonchev–Trinajstić information content (AvgIpc) is 3.30. The number of carbonyl (C=O) groups excluding carboxylic acids is 1. The molecule has 1 fully saturated rings. The standard InChI is InChI=1S/C22H25NO5S/c1-13-9-14(2)20-19(10-13)16(4)21(28-20)22(24)23(11-18-6-5-15(3)27-18)17-7-8-29(25,26)12-17/h5-6,9-10,17H,7-8,11-12H2,1-4H3/t17-/m1/s1. The van der Waals surface area contributed by atoms with Gasteiger partial charge < -0.3 is 13.7 Å². The van der Waals surface area contributed by atoms with E-state index in [9.17, 15) is 13.2 Å². The van der Waals surface area contributed by atoms with Crippen LogP contribution in [0.5, 0.6) is 0 Å². The SMILES string of the molecule is Cc1cc(C)c2oc(C(=O)N(Cc3ccc(C)o3)[C@@H]3CCS(=O)(=O)C3)c(C)c2c1. The molecule has 0 unspecified atom stereocenters. The smallest absolute Gasteiger partial charge is 0.290 e. The Hall–Kier alpha value is -2.54. The summed E-state index contributed by atoms with van der Waals surface area (Å²) in [6.45, 7) is 7.89. The van der Waals surface area contributed by atoms with E-state index in [2.05, 4.69) is 0 Å². The predicted octanol–water partition coefficient (Wildman–Crippen LogP) is 4.09. The monoisotopic (exact) mass is 415 g/mol. The fraction of sp³-hybridized carbons (Fsp3) is 0.409. The molecular formula is C22H25NO5S. The highest BCUT2D eigenvalue weighted by Crippen LogP contribution is 2.31. The number of aryl methyl sites for hydroxylation is 4. The minimum atomic E-state index is -3.15. The first kappa shape index (κ1) is 19.8. The van der Waals surface area contributed by atoms with Gasteiger partial charge in [0.2, 0.25) is 0 Å². The summed E-state index contributed by atoms with van der Waals surface area (Å²) < 4.78 is 35.8. The summed E-state index contributed by atoms with van der Waals surface area (Å²) in [7, 11) is -3.15. The largest absolute Gasteiger partial charge is 0.464 e. The zero-order chi connectivity index (χ0) is 20.9. The summed E-state index contributed by atoms with van der Waals surface area (Å²) in [6, 6.07) is 7.29. The van der Waals surface area contributed by atoms with Gasteiger partial charge in [-0.05, 0) is 63.4 Å². The number of rotatable bonds is 4. The lowest BCUT2D eigenvalue weighted by Gasteiger charge is -2.26.